The summed E-state index contributed by atoms with van der Waals surface area (Å²) in [7, 11) is -5.00. The molecule has 3 saturated heterocycles. The molecule has 0 saturated carbocycles. The van der Waals surface area contributed by atoms with E-state index in [0.717, 1.165) is 6.04 Å². The fourth-order valence-corrected chi connectivity index (χ4v) is 18.7. The molecule has 10 atom stereocenters. The first-order valence-electron chi connectivity index (χ1n) is 26.3. The second kappa shape index (κ2) is 25.0. The lowest BCUT2D eigenvalue weighted by atomic mass is 9.97. The molecular weight excluding hydrogens is 1050 g/mol. The van der Waals surface area contributed by atoms with Gasteiger partial charge in [-0.2, -0.15) is 0 Å². The SMILES string of the molecule is CC(C)(C)[Si]1(C(C)(C)C)OC[C@H]2O[C@@H](OC[C@H]3O[C@@H](SCC[Si](C)(C)C)[C@H](OC(=O)c4ccccc4)[C@@H](OC(=O)c4ccccc4)[C@H]3OC(=O)c3ccccc3)[C@H](OC(=O)c3ccccc3)[C@@H](OC(=O)c3ccccc3)[C@H]2O1. The van der Waals surface area contributed by atoms with E-state index in [9.17, 15) is 24.0 Å². The largest absolute Gasteiger partial charge is 0.452 e. The van der Waals surface area contributed by atoms with Gasteiger partial charge in [0, 0.05) is 18.2 Å². The molecule has 18 heteroatoms. The molecule has 5 aromatic carbocycles. The van der Waals surface area contributed by atoms with E-state index in [1.54, 1.807) is 152 Å². The van der Waals surface area contributed by atoms with Crippen LogP contribution in [0.25, 0.3) is 0 Å². The maximum Gasteiger partial charge on any atom is 0.349 e. The van der Waals surface area contributed by atoms with Crippen molar-refractivity contribution in [1.29, 1.82) is 0 Å². The normalized spacial score (nSPS) is 25.1. The monoisotopic (exact) mass is 1120 g/mol. The molecule has 3 fully saturated rings. The molecule has 0 spiro atoms. The average molecular weight is 1120 g/mol. The van der Waals surface area contributed by atoms with Crippen molar-refractivity contribution in [2.45, 2.75) is 138 Å². The zero-order valence-electron chi connectivity index (χ0n) is 45.6. The number of carbonyl (C=O) groups excluding carboxylic acids is 5. The van der Waals surface area contributed by atoms with Gasteiger partial charge in [0.2, 0.25) is 0 Å². The smallest absolute Gasteiger partial charge is 0.349 e. The second-order valence-electron chi connectivity index (χ2n) is 22.8. The number of hydrogen-bond acceptors (Lipinski definition) is 16. The Morgan fingerprint density at radius 2 is 0.885 bits per heavy atom. The maximum absolute atomic E-state index is 14.4. The van der Waals surface area contributed by atoms with Crippen LogP contribution in [0.2, 0.25) is 35.8 Å². The minimum atomic E-state index is -3.33. The first-order chi connectivity index (χ1) is 37.1. The lowest BCUT2D eigenvalue weighted by Gasteiger charge is -2.57. The highest BCUT2D eigenvalue weighted by Crippen LogP contribution is 2.55. The van der Waals surface area contributed by atoms with E-state index in [1.807, 2.05) is 0 Å². The van der Waals surface area contributed by atoms with Crippen LogP contribution in [0.3, 0.4) is 0 Å². The molecule has 0 aromatic heterocycles. The van der Waals surface area contributed by atoms with Crippen LogP contribution in [-0.4, -0.2) is 126 Å². The molecule has 0 bridgehead atoms. The summed E-state index contributed by atoms with van der Waals surface area (Å²) in [5.74, 6) is -3.22. The predicted molar refractivity (Wildman–Crippen MR) is 298 cm³/mol. The molecule has 0 unspecified atom stereocenters. The van der Waals surface area contributed by atoms with Crippen LogP contribution >= 0.6 is 11.8 Å². The zero-order valence-corrected chi connectivity index (χ0v) is 48.4. The van der Waals surface area contributed by atoms with Gasteiger partial charge in [-0.25, -0.2) is 24.0 Å². The summed E-state index contributed by atoms with van der Waals surface area (Å²) in [5, 5.41) is -1.04. The fourth-order valence-electron chi connectivity index (χ4n) is 9.93. The Kier molecular flexibility index (Phi) is 18.7. The highest BCUT2D eigenvalue weighted by molar-refractivity contribution is 7.99. The van der Waals surface area contributed by atoms with Crippen LogP contribution < -0.4 is 0 Å². The Bertz CT molecular complexity index is 2790. The van der Waals surface area contributed by atoms with Gasteiger partial charge in [0.15, 0.2) is 36.8 Å². The van der Waals surface area contributed by atoms with Gasteiger partial charge in [-0.15, -0.1) is 11.8 Å². The number of fused-ring (bicyclic) bond motifs is 1. The molecule has 0 aliphatic carbocycles. The van der Waals surface area contributed by atoms with Crippen LogP contribution in [0.5, 0.6) is 0 Å². The van der Waals surface area contributed by atoms with Gasteiger partial charge in [-0.3, -0.25) is 0 Å². The van der Waals surface area contributed by atoms with Crippen LogP contribution in [0.4, 0.5) is 0 Å². The van der Waals surface area contributed by atoms with Gasteiger partial charge in [0.05, 0.1) is 41.0 Å². The molecule has 0 radical (unpaired) electrons. The van der Waals surface area contributed by atoms with Gasteiger partial charge in [0.1, 0.15) is 23.7 Å². The Hall–Kier alpha value is -5.97. The summed E-state index contributed by atoms with van der Waals surface area (Å²) < 4.78 is 66.8. The number of hydrogen-bond donors (Lipinski definition) is 0. The number of benzene rings is 5. The molecular formula is C60H70O15SSi2. The average Bonchev–Trinajstić information content (AvgIpc) is 3.59. The lowest BCUT2D eigenvalue weighted by molar-refractivity contribution is -0.316. The molecule has 414 valence electrons. The Labute approximate surface area is 463 Å². The van der Waals surface area contributed by atoms with Crippen LogP contribution in [-0.2, 0) is 46.7 Å². The van der Waals surface area contributed by atoms with E-state index in [2.05, 4.69) is 61.2 Å². The summed E-state index contributed by atoms with van der Waals surface area (Å²) in [6.45, 7) is 18.6. The van der Waals surface area contributed by atoms with Crippen molar-refractivity contribution in [3.63, 3.8) is 0 Å². The van der Waals surface area contributed by atoms with Gasteiger partial charge in [-0.1, -0.05) is 152 Å². The van der Waals surface area contributed by atoms with E-state index >= 15 is 0 Å². The third kappa shape index (κ3) is 13.9. The molecule has 0 amide bonds. The molecule has 3 aliphatic heterocycles. The Morgan fingerprint density at radius 1 is 0.513 bits per heavy atom. The van der Waals surface area contributed by atoms with Crippen molar-refractivity contribution in [1.82, 2.24) is 0 Å². The molecule has 8 rings (SSSR count). The van der Waals surface area contributed by atoms with Gasteiger partial charge >= 0.3 is 38.4 Å². The standard InChI is InChI=1S/C60H70O15SSi2/c1-59(2,3)78(60(4,5)6)67-38-45-47(75-78)49(72-54(63)41-29-19-12-20-30-41)50(73-55(64)42-31-21-13-22-32-42)57(68-45)66-37-44-46(70-52(61)39-25-15-10-16-26-39)48(71-53(62)40-27-17-11-18-28-40)51(58(69-44)76-35-36-77(7,8)9)74-56(65)43-33-23-14-24-34-43/h10-34,44-51,57-58H,35-38H2,1-9H3/t44-,45-,46+,47+,48+,49+,50-,51-,57-,58+/m1/s1. The topological polar surface area (TPSA) is 178 Å². The summed E-state index contributed by atoms with van der Waals surface area (Å²) in [6.07, 6.45) is -12.0. The Morgan fingerprint density at radius 3 is 1.28 bits per heavy atom. The first-order valence-corrected chi connectivity index (χ1v) is 32.9. The molecule has 3 aliphatic rings. The van der Waals surface area contributed by atoms with Crippen molar-refractivity contribution in [3.8, 4) is 0 Å². The van der Waals surface area contributed by atoms with Crippen molar-refractivity contribution in [2.75, 3.05) is 19.0 Å². The van der Waals surface area contributed by atoms with Crippen molar-refractivity contribution in [3.05, 3.63) is 179 Å². The summed E-state index contributed by atoms with van der Waals surface area (Å²) in [4.78, 5) is 71.7. The number of ether oxygens (including phenoxy) is 8. The maximum atomic E-state index is 14.4. The van der Waals surface area contributed by atoms with Crippen LogP contribution in [0.1, 0.15) is 93.3 Å². The van der Waals surface area contributed by atoms with Gasteiger partial charge in [-0.05, 0) is 72.5 Å². The van der Waals surface area contributed by atoms with E-state index in [1.165, 1.54) is 11.8 Å². The molecule has 15 nitrogen and oxygen atoms in total. The van der Waals surface area contributed by atoms with Crippen molar-refractivity contribution < 1.29 is 70.7 Å². The zero-order chi connectivity index (χ0) is 55.8. The lowest BCUT2D eigenvalue weighted by Crippen LogP contribution is -2.72. The number of esters is 5. The quantitative estimate of drug-likeness (QED) is 0.0487. The Balaban J connectivity index is 1.22. The minimum Gasteiger partial charge on any atom is -0.452 e. The summed E-state index contributed by atoms with van der Waals surface area (Å²) in [5.41, 5.74) is 0.00397. The number of rotatable bonds is 17. The van der Waals surface area contributed by atoms with Crippen molar-refractivity contribution >= 4 is 58.2 Å². The third-order valence-electron chi connectivity index (χ3n) is 13.7. The minimum absolute atomic E-state index is 0.00302. The molecule has 0 N–H and O–H groups in total. The number of thioether (sulfide) groups is 1. The molecule has 3 heterocycles. The van der Waals surface area contributed by atoms with Crippen LogP contribution in [0, 0.1) is 0 Å². The highest BCUT2D eigenvalue weighted by Gasteiger charge is 2.66. The summed E-state index contributed by atoms with van der Waals surface area (Å²) in [6, 6.07) is 42.5. The van der Waals surface area contributed by atoms with E-state index in [-0.39, 0.29) is 34.4 Å². The second-order valence-corrected chi connectivity index (χ2v) is 34.4. The van der Waals surface area contributed by atoms with Crippen molar-refractivity contribution in [2.24, 2.45) is 0 Å². The molecule has 5 aromatic rings. The van der Waals surface area contributed by atoms with E-state index < -0.39 is 124 Å². The van der Waals surface area contributed by atoms with Crippen LogP contribution in [0.15, 0.2) is 152 Å². The highest BCUT2D eigenvalue weighted by atomic mass is 32.2. The molecule has 78 heavy (non-hydrogen) atoms. The fraction of sp³-hybridized carbons (Fsp3) is 0.417. The van der Waals surface area contributed by atoms with Gasteiger partial charge in [0.25, 0.3) is 0 Å². The third-order valence-corrected chi connectivity index (χ3v) is 22.1. The first kappa shape index (κ1) is 58.2. The number of carbonyl (C=O) groups is 5. The van der Waals surface area contributed by atoms with E-state index in [0.29, 0.717) is 5.75 Å². The summed E-state index contributed by atoms with van der Waals surface area (Å²) >= 11 is 1.37. The predicted octanol–water partition coefficient (Wildman–Crippen LogP) is 11.1. The van der Waals surface area contributed by atoms with Gasteiger partial charge < -0.3 is 46.7 Å². The van der Waals surface area contributed by atoms with E-state index in [4.69, 9.17) is 46.7 Å².